The lowest BCUT2D eigenvalue weighted by molar-refractivity contribution is -0.928. The lowest BCUT2D eigenvalue weighted by Gasteiger charge is -2.49. The van der Waals surface area contributed by atoms with Crippen LogP contribution >= 0.6 is 0 Å². The molecular formula is C29H44NO2+. The minimum Gasteiger partial charge on any atom is -0.393 e. The number of hydrogen-bond acceptors (Lipinski definition) is 2. The second kappa shape index (κ2) is 7.68. The summed E-state index contributed by atoms with van der Waals surface area (Å²) in [7, 11) is 4.62. The Morgan fingerprint density at radius 1 is 1.16 bits per heavy atom. The van der Waals surface area contributed by atoms with Crippen molar-refractivity contribution in [3.63, 3.8) is 0 Å². The van der Waals surface area contributed by atoms with Gasteiger partial charge in [0.2, 0.25) is 0 Å². The summed E-state index contributed by atoms with van der Waals surface area (Å²) in [5, 5.41) is 21.4. The van der Waals surface area contributed by atoms with Crippen molar-refractivity contribution in [2.24, 2.45) is 17.3 Å². The maximum atomic E-state index is 11.1. The quantitative estimate of drug-likeness (QED) is 0.499. The van der Waals surface area contributed by atoms with E-state index in [-0.39, 0.29) is 23.7 Å². The number of quaternary nitrogens is 1. The Hall–Kier alpha value is -1.16. The highest BCUT2D eigenvalue weighted by Gasteiger charge is 2.51. The highest BCUT2D eigenvalue weighted by Crippen LogP contribution is 2.60. The smallest absolute Gasteiger partial charge is 0.121 e. The van der Waals surface area contributed by atoms with Gasteiger partial charge in [0, 0.05) is 11.8 Å². The Kier molecular flexibility index (Phi) is 5.43. The van der Waals surface area contributed by atoms with Crippen molar-refractivity contribution in [3.8, 4) is 0 Å². The summed E-state index contributed by atoms with van der Waals surface area (Å²) in [5.41, 5.74) is 7.87. The van der Waals surface area contributed by atoms with Crippen LogP contribution in [0.2, 0.25) is 0 Å². The Labute approximate surface area is 195 Å². The summed E-state index contributed by atoms with van der Waals surface area (Å²) in [6, 6.07) is 5.09. The van der Waals surface area contributed by atoms with Crippen molar-refractivity contribution >= 4 is 0 Å². The number of fused-ring (bicyclic) bond motifs is 5. The number of likely N-dealkylation sites (tertiary alicyclic amines) is 1. The molecule has 1 aliphatic heterocycles. The van der Waals surface area contributed by atoms with Gasteiger partial charge in [0.05, 0.1) is 26.7 Å². The van der Waals surface area contributed by atoms with Crippen LogP contribution in [-0.4, -0.2) is 53.6 Å². The molecule has 3 heteroatoms. The van der Waals surface area contributed by atoms with Crippen LogP contribution in [0.4, 0.5) is 0 Å². The van der Waals surface area contributed by atoms with Crippen LogP contribution < -0.4 is 0 Å². The summed E-state index contributed by atoms with van der Waals surface area (Å²) in [5.74, 6) is 2.21. The minimum atomic E-state index is -0.238. The van der Waals surface area contributed by atoms with Crippen molar-refractivity contribution in [3.05, 3.63) is 46.0 Å². The minimum absolute atomic E-state index is 0.144. The first-order valence-corrected chi connectivity index (χ1v) is 13.0. The molecule has 4 aliphatic rings. The van der Waals surface area contributed by atoms with E-state index in [1.807, 2.05) is 0 Å². The topological polar surface area (TPSA) is 40.5 Å². The summed E-state index contributed by atoms with van der Waals surface area (Å²) in [6.07, 6.45) is 8.27. The SMILES string of the molecule is Cc1c([C@H](C)[C@H]2C(O)C[C@H](C)C[N+]2(C)C)ccc2c1C[C@H]1[C@H]2CC=C2CC(O)CC[C@@]21C. The van der Waals surface area contributed by atoms with Gasteiger partial charge < -0.3 is 14.7 Å². The lowest BCUT2D eigenvalue weighted by atomic mass is 9.57. The predicted octanol–water partition coefficient (Wildman–Crippen LogP) is 5.08. The van der Waals surface area contributed by atoms with Crippen LogP contribution in [0, 0.1) is 24.2 Å². The van der Waals surface area contributed by atoms with Gasteiger partial charge in [0.15, 0.2) is 0 Å². The molecule has 32 heavy (non-hydrogen) atoms. The monoisotopic (exact) mass is 438 g/mol. The third kappa shape index (κ3) is 3.34. The average Bonchev–Trinajstić information content (AvgIpc) is 3.08. The molecule has 2 N–H and O–H groups in total. The molecule has 1 aromatic rings. The summed E-state index contributed by atoms with van der Waals surface area (Å²) in [6.45, 7) is 10.6. The first-order valence-electron chi connectivity index (χ1n) is 13.0. The summed E-state index contributed by atoms with van der Waals surface area (Å²) < 4.78 is 0.902. The Bertz CT molecular complexity index is 933. The van der Waals surface area contributed by atoms with Gasteiger partial charge in [-0.25, -0.2) is 0 Å². The fraction of sp³-hybridized carbons (Fsp3) is 0.724. The second-order valence-electron chi connectivity index (χ2n) is 12.7. The first-order chi connectivity index (χ1) is 15.0. The molecule has 0 bridgehead atoms. The molecule has 0 spiro atoms. The van der Waals surface area contributed by atoms with Crippen LogP contribution in [0.5, 0.6) is 0 Å². The molecule has 2 fully saturated rings. The van der Waals surface area contributed by atoms with E-state index >= 15 is 0 Å². The zero-order valence-electron chi connectivity index (χ0n) is 21.1. The van der Waals surface area contributed by atoms with E-state index in [0.717, 1.165) is 43.1 Å². The zero-order valence-corrected chi connectivity index (χ0v) is 21.1. The number of likely N-dealkylation sites (N-methyl/N-ethyl adjacent to an activating group) is 1. The molecule has 2 unspecified atom stereocenters. The van der Waals surface area contributed by atoms with Gasteiger partial charge in [0.25, 0.3) is 0 Å². The van der Waals surface area contributed by atoms with Crippen LogP contribution in [0.15, 0.2) is 23.8 Å². The lowest BCUT2D eigenvalue weighted by Crippen LogP contribution is -2.62. The van der Waals surface area contributed by atoms with Crippen LogP contribution in [0.25, 0.3) is 0 Å². The van der Waals surface area contributed by atoms with E-state index in [0.29, 0.717) is 23.7 Å². The molecule has 0 aromatic heterocycles. The van der Waals surface area contributed by atoms with Gasteiger partial charge in [-0.1, -0.05) is 44.6 Å². The van der Waals surface area contributed by atoms with Crippen LogP contribution in [0.1, 0.15) is 87.0 Å². The molecule has 0 radical (unpaired) electrons. The Morgan fingerprint density at radius 2 is 1.91 bits per heavy atom. The average molecular weight is 439 g/mol. The molecule has 1 aromatic carbocycles. The molecule has 1 saturated heterocycles. The number of piperidine rings is 1. The maximum Gasteiger partial charge on any atom is 0.121 e. The molecule has 1 saturated carbocycles. The van der Waals surface area contributed by atoms with E-state index in [1.165, 1.54) is 23.1 Å². The van der Waals surface area contributed by atoms with Gasteiger partial charge >= 0.3 is 0 Å². The highest BCUT2D eigenvalue weighted by atomic mass is 16.3. The van der Waals surface area contributed by atoms with E-state index in [4.69, 9.17) is 0 Å². The van der Waals surface area contributed by atoms with Crippen LogP contribution in [-0.2, 0) is 6.42 Å². The predicted molar refractivity (Wildman–Crippen MR) is 131 cm³/mol. The highest BCUT2D eigenvalue weighted by molar-refractivity contribution is 5.49. The van der Waals surface area contributed by atoms with Crippen molar-refractivity contribution in [2.75, 3.05) is 20.6 Å². The van der Waals surface area contributed by atoms with Gasteiger partial charge in [-0.05, 0) is 85.0 Å². The van der Waals surface area contributed by atoms with Gasteiger partial charge in [-0.3, -0.25) is 0 Å². The second-order valence-corrected chi connectivity index (χ2v) is 12.7. The Balaban J connectivity index is 1.47. The third-order valence-electron chi connectivity index (χ3n) is 10.2. The number of rotatable bonds is 2. The summed E-state index contributed by atoms with van der Waals surface area (Å²) >= 11 is 0. The van der Waals surface area contributed by atoms with Gasteiger partial charge in [-0.15, -0.1) is 0 Å². The van der Waals surface area contributed by atoms with Gasteiger partial charge in [-0.2, -0.15) is 0 Å². The molecular weight excluding hydrogens is 394 g/mol. The van der Waals surface area contributed by atoms with E-state index < -0.39 is 0 Å². The number of aliphatic hydroxyl groups is 2. The molecule has 3 nitrogen and oxygen atoms in total. The van der Waals surface area contributed by atoms with E-state index in [2.05, 4.69) is 60.0 Å². The number of nitrogens with zero attached hydrogens (tertiary/aromatic N) is 1. The summed E-state index contributed by atoms with van der Waals surface area (Å²) in [4.78, 5) is 0. The first kappa shape index (κ1) is 22.6. The number of benzene rings is 1. The van der Waals surface area contributed by atoms with Crippen molar-refractivity contribution < 1.29 is 14.7 Å². The van der Waals surface area contributed by atoms with Crippen LogP contribution in [0.3, 0.4) is 0 Å². The molecule has 1 heterocycles. The van der Waals surface area contributed by atoms with E-state index in [1.54, 1.807) is 11.1 Å². The van der Waals surface area contributed by atoms with Crippen molar-refractivity contribution in [1.82, 2.24) is 0 Å². The number of allylic oxidation sites excluding steroid dienone is 1. The van der Waals surface area contributed by atoms with E-state index in [9.17, 15) is 10.2 Å². The molecule has 3 aliphatic carbocycles. The third-order valence-corrected chi connectivity index (χ3v) is 10.2. The standard InChI is InChI=1S/C29H44NO2/c1-17-13-27(32)28(30(5,6)16-17)19(3)22-9-10-23-24-8-7-20-14-21(31)11-12-29(20,4)26(24)15-25(23)18(22)2/h7,9-10,17,19,21,24,26-28,31-32H,8,11-16H2,1-6H3/q+1/t17-,19-,21?,24-,26-,27?,28-,29-/m0/s1. The zero-order chi connectivity index (χ0) is 23.0. The molecule has 5 rings (SSSR count). The Morgan fingerprint density at radius 3 is 2.62 bits per heavy atom. The molecule has 176 valence electrons. The molecule has 0 amide bonds. The van der Waals surface area contributed by atoms with Gasteiger partial charge in [0.1, 0.15) is 12.1 Å². The fourth-order valence-corrected chi connectivity index (χ4v) is 8.81. The fourth-order valence-electron chi connectivity index (χ4n) is 8.81. The number of hydrogen-bond donors (Lipinski definition) is 2. The maximum absolute atomic E-state index is 11.1. The normalized spacial score (nSPS) is 41.3. The number of aliphatic hydroxyl groups excluding tert-OH is 2. The van der Waals surface area contributed by atoms with Crippen molar-refractivity contribution in [1.29, 1.82) is 0 Å². The van der Waals surface area contributed by atoms with Crippen molar-refractivity contribution in [2.45, 2.75) is 96.3 Å². The molecule has 8 atom stereocenters. The largest absolute Gasteiger partial charge is 0.393 e.